The summed E-state index contributed by atoms with van der Waals surface area (Å²) in [7, 11) is 0. The number of carbonyl (C=O) groups excluding carboxylic acids is 1. The number of phenolic OH excluding ortho intramolecular Hbond substituents is 1. The molecule has 88 valence electrons. The molecule has 2 rings (SSSR count). The van der Waals surface area contributed by atoms with Crippen molar-refractivity contribution in [2.75, 3.05) is 11.2 Å². The van der Waals surface area contributed by atoms with Gasteiger partial charge in [0.05, 0.1) is 0 Å². The molecule has 0 atom stereocenters. The van der Waals surface area contributed by atoms with E-state index in [2.05, 4.69) is 5.32 Å². The lowest BCUT2D eigenvalue weighted by Crippen LogP contribution is -2.11. The predicted molar refractivity (Wildman–Crippen MR) is 69.6 cm³/mol. The zero-order valence-electron chi connectivity index (χ0n) is 9.11. The van der Waals surface area contributed by atoms with E-state index in [1.54, 1.807) is 24.3 Å². The van der Waals surface area contributed by atoms with Gasteiger partial charge in [-0.3, -0.25) is 4.79 Å². The summed E-state index contributed by atoms with van der Waals surface area (Å²) in [5.74, 6) is 0.431. The highest BCUT2D eigenvalue weighted by Crippen LogP contribution is 2.26. The minimum atomic E-state index is -0.112. The van der Waals surface area contributed by atoms with E-state index in [-0.39, 0.29) is 11.7 Å². The van der Waals surface area contributed by atoms with Crippen molar-refractivity contribution in [2.45, 2.75) is 6.42 Å². The Balaban J connectivity index is 2.29. The monoisotopic (exact) mass is 249 g/mol. The lowest BCUT2D eigenvalue weighted by Gasteiger charge is -2.06. The van der Waals surface area contributed by atoms with Gasteiger partial charge in [0.2, 0.25) is 5.91 Å². The highest BCUT2D eigenvalue weighted by molar-refractivity contribution is 6.19. The molecular formula is C13H12ClNO2. The van der Waals surface area contributed by atoms with Crippen LogP contribution in [0.2, 0.25) is 0 Å². The fourth-order valence-corrected chi connectivity index (χ4v) is 1.83. The Morgan fingerprint density at radius 2 is 2.12 bits per heavy atom. The third-order valence-electron chi connectivity index (χ3n) is 2.46. The molecule has 0 aliphatic carbocycles. The molecule has 2 aromatic rings. The maximum atomic E-state index is 11.4. The van der Waals surface area contributed by atoms with E-state index < -0.39 is 0 Å². The molecule has 0 radical (unpaired) electrons. The Hall–Kier alpha value is -1.74. The number of halogens is 1. The van der Waals surface area contributed by atoms with Crippen molar-refractivity contribution >= 4 is 34.0 Å². The summed E-state index contributed by atoms with van der Waals surface area (Å²) < 4.78 is 0. The van der Waals surface area contributed by atoms with Crippen LogP contribution in [0.1, 0.15) is 6.42 Å². The highest BCUT2D eigenvalue weighted by atomic mass is 35.5. The smallest absolute Gasteiger partial charge is 0.225 e. The first kappa shape index (κ1) is 11.7. The van der Waals surface area contributed by atoms with Crippen LogP contribution >= 0.6 is 11.6 Å². The van der Waals surface area contributed by atoms with Crippen molar-refractivity contribution in [3.05, 3.63) is 36.4 Å². The minimum absolute atomic E-state index is 0.112. The third-order valence-corrected chi connectivity index (χ3v) is 2.65. The molecule has 2 N–H and O–H groups in total. The van der Waals surface area contributed by atoms with E-state index >= 15 is 0 Å². The molecule has 0 saturated heterocycles. The summed E-state index contributed by atoms with van der Waals surface area (Å²) in [5.41, 5.74) is 0.707. The summed E-state index contributed by atoms with van der Waals surface area (Å²) in [4.78, 5) is 11.4. The van der Waals surface area contributed by atoms with Crippen LogP contribution in [-0.2, 0) is 4.79 Å². The number of benzene rings is 2. The molecule has 17 heavy (non-hydrogen) atoms. The molecule has 2 aromatic carbocycles. The van der Waals surface area contributed by atoms with Crippen LogP contribution in [0, 0.1) is 0 Å². The Labute approximate surface area is 104 Å². The van der Waals surface area contributed by atoms with Crippen LogP contribution in [0.25, 0.3) is 10.8 Å². The molecule has 0 aliphatic rings. The quantitative estimate of drug-likeness (QED) is 0.822. The van der Waals surface area contributed by atoms with Gasteiger partial charge in [0.15, 0.2) is 0 Å². The molecule has 0 aliphatic heterocycles. The van der Waals surface area contributed by atoms with Crippen LogP contribution < -0.4 is 5.32 Å². The van der Waals surface area contributed by atoms with Crippen molar-refractivity contribution in [2.24, 2.45) is 0 Å². The molecule has 0 bridgehead atoms. The van der Waals surface area contributed by atoms with Gasteiger partial charge in [0, 0.05) is 23.4 Å². The van der Waals surface area contributed by atoms with Crippen molar-refractivity contribution in [1.29, 1.82) is 0 Å². The predicted octanol–water partition coefficient (Wildman–Crippen LogP) is 3.11. The number of hydrogen-bond acceptors (Lipinski definition) is 2. The van der Waals surface area contributed by atoms with E-state index in [9.17, 15) is 9.90 Å². The van der Waals surface area contributed by atoms with Gasteiger partial charge in [0.1, 0.15) is 5.75 Å². The summed E-state index contributed by atoms with van der Waals surface area (Å²) in [6.45, 7) is 0. The Bertz CT molecular complexity index is 554. The lowest BCUT2D eigenvalue weighted by atomic mass is 10.1. The normalized spacial score (nSPS) is 10.4. The van der Waals surface area contributed by atoms with Crippen molar-refractivity contribution < 1.29 is 9.90 Å². The molecule has 0 heterocycles. The molecule has 0 aromatic heterocycles. The van der Waals surface area contributed by atoms with Crippen LogP contribution in [0.4, 0.5) is 5.69 Å². The first-order valence-electron chi connectivity index (χ1n) is 5.28. The number of aromatic hydroxyl groups is 1. The molecule has 0 saturated carbocycles. The van der Waals surface area contributed by atoms with Crippen LogP contribution in [0.5, 0.6) is 5.75 Å². The number of amides is 1. The SMILES string of the molecule is O=C(CCCl)Nc1ccc2c(O)cccc2c1. The van der Waals surface area contributed by atoms with E-state index in [0.717, 1.165) is 10.8 Å². The Morgan fingerprint density at radius 3 is 2.88 bits per heavy atom. The fraction of sp³-hybridized carbons (Fsp3) is 0.154. The van der Waals surface area contributed by atoms with Gasteiger partial charge >= 0.3 is 0 Å². The number of fused-ring (bicyclic) bond motifs is 1. The average molecular weight is 250 g/mol. The average Bonchev–Trinajstić information content (AvgIpc) is 2.29. The van der Waals surface area contributed by atoms with Crippen LogP contribution in [0.15, 0.2) is 36.4 Å². The molecule has 3 nitrogen and oxygen atoms in total. The molecule has 0 unspecified atom stereocenters. The van der Waals surface area contributed by atoms with Crippen molar-refractivity contribution in [1.82, 2.24) is 0 Å². The topological polar surface area (TPSA) is 49.3 Å². The largest absolute Gasteiger partial charge is 0.507 e. The van der Waals surface area contributed by atoms with Gasteiger partial charge in [-0.25, -0.2) is 0 Å². The van der Waals surface area contributed by atoms with E-state index in [4.69, 9.17) is 11.6 Å². The molecule has 0 spiro atoms. The van der Waals surface area contributed by atoms with E-state index in [0.29, 0.717) is 18.0 Å². The van der Waals surface area contributed by atoms with Crippen molar-refractivity contribution in [3.8, 4) is 5.75 Å². The zero-order valence-corrected chi connectivity index (χ0v) is 9.87. The maximum Gasteiger partial charge on any atom is 0.225 e. The second-order valence-corrected chi connectivity index (χ2v) is 4.08. The second-order valence-electron chi connectivity index (χ2n) is 3.70. The van der Waals surface area contributed by atoms with Gasteiger partial charge in [-0.2, -0.15) is 0 Å². The van der Waals surface area contributed by atoms with Gasteiger partial charge in [0.25, 0.3) is 0 Å². The third kappa shape index (κ3) is 2.68. The highest BCUT2D eigenvalue weighted by Gasteiger charge is 2.03. The first-order valence-corrected chi connectivity index (χ1v) is 5.82. The molecule has 1 amide bonds. The molecular weight excluding hydrogens is 238 g/mol. The summed E-state index contributed by atoms with van der Waals surface area (Å²) >= 11 is 5.48. The number of rotatable bonds is 3. The van der Waals surface area contributed by atoms with Gasteiger partial charge in [-0.1, -0.05) is 12.1 Å². The Kier molecular flexibility index (Phi) is 3.49. The summed E-state index contributed by atoms with van der Waals surface area (Å²) in [6, 6.07) is 10.6. The van der Waals surface area contributed by atoms with E-state index in [1.165, 1.54) is 0 Å². The molecule has 4 heteroatoms. The maximum absolute atomic E-state index is 11.4. The fourth-order valence-electron chi connectivity index (χ4n) is 1.65. The van der Waals surface area contributed by atoms with Crippen LogP contribution in [-0.4, -0.2) is 16.9 Å². The number of nitrogens with one attached hydrogen (secondary N) is 1. The number of hydrogen-bond donors (Lipinski definition) is 2. The number of carbonyl (C=O) groups is 1. The first-order chi connectivity index (χ1) is 8.20. The lowest BCUT2D eigenvalue weighted by molar-refractivity contribution is -0.115. The number of anilines is 1. The number of alkyl halides is 1. The van der Waals surface area contributed by atoms with Crippen LogP contribution in [0.3, 0.4) is 0 Å². The minimum Gasteiger partial charge on any atom is -0.507 e. The summed E-state index contributed by atoms with van der Waals surface area (Å²) in [5, 5.41) is 14.0. The van der Waals surface area contributed by atoms with Gasteiger partial charge in [-0.05, 0) is 29.7 Å². The van der Waals surface area contributed by atoms with Gasteiger partial charge < -0.3 is 10.4 Å². The second kappa shape index (κ2) is 5.06. The number of phenols is 1. The van der Waals surface area contributed by atoms with Crippen molar-refractivity contribution in [3.63, 3.8) is 0 Å². The van der Waals surface area contributed by atoms with E-state index in [1.807, 2.05) is 12.1 Å². The Morgan fingerprint density at radius 1 is 1.29 bits per heavy atom. The zero-order chi connectivity index (χ0) is 12.3. The summed E-state index contributed by atoms with van der Waals surface area (Å²) in [6.07, 6.45) is 0.291. The van der Waals surface area contributed by atoms with Gasteiger partial charge in [-0.15, -0.1) is 11.6 Å². The standard InChI is InChI=1S/C13H12ClNO2/c14-7-6-13(17)15-10-4-5-11-9(8-10)2-1-3-12(11)16/h1-5,8,16H,6-7H2,(H,15,17). The molecule has 0 fully saturated rings.